The fourth-order valence-electron chi connectivity index (χ4n) is 0.952. The van der Waals surface area contributed by atoms with Crippen LogP contribution in [-0.4, -0.2) is 13.0 Å². The van der Waals surface area contributed by atoms with Gasteiger partial charge in [0.2, 0.25) is 0 Å². The Hall–Kier alpha value is -0.140. The summed E-state index contributed by atoms with van der Waals surface area (Å²) in [4.78, 5) is -0.0174. The molecule has 0 aliphatic rings. The first kappa shape index (κ1) is 10.9. The topological polar surface area (TPSA) is 54.4 Å². The molecule has 0 aliphatic heterocycles. The van der Waals surface area contributed by atoms with Gasteiger partial charge in [0.1, 0.15) is 4.90 Å². The first-order valence-electron chi connectivity index (χ1n) is 3.56. The molecule has 1 aromatic rings. The van der Waals surface area contributed by atoms with Gasteiger partial charge in [0, 0.05) is 3.57 Å². The summed E-state index contributed by atoms with van der Waals surface area (Å²) in [5.74, 6) is 0. The van der Waals surface area contributed by atoms with Gasteiger partial charge >= 0.3 is 0 Å². The molecule has 0 radical (unpaired) electrons. The predicted molar refractivity (Wildman–Crippen MR) is 58.4 cm³/mol. The van der Waals surface area contributed by atoms with Crippen molar-refractivity contribution in [2.24, 2.45) is 0 Å². The number of hydrogen-bond acceptors (Lipinski definition) is 2. The summed E-state index contributed by atoms with van der Waals surface area (Å²) in [5, 5.41) is 0. The SMILES string of the molecule is Cc1cc(I)c(S(=O)(=O)O)cc1C. The minimum atomic E-state index is -4.08. The highest BCUT2D eigenvalue weighted by Gasteiger charge is 2.14. The van der Waals surface area contributed by atoms with E-state index in [4.69, 9.17) is 4.55 Å². The first-order valence-corrected chi connectivity index (χ1v) is 6.08. The Morgan fingerprint density at radius 1 is 1.23 bits per heavy atom. The van der Waals surface area contributed by atoms with E-state index in [0.29, 0.717) is 3.57 Å². The summed E-state index contributed by atoms with van der Waals surface area (Å²) in [5.41, 5.74) is 1.87. The summed E-state index contributed by atoms with van der Waals surface area (Å²) in [6, 6.07) is 3.21. The van der Waals surface area contributed by atoms with Crippen molar-refractivity contribution in [1.29, 1.82) is 0 Å². The number of benzene rings is 1. The molecule has 1 rings (SSSR count). The van der Waals surface area contributed by atoms with Crippen molar-refractivity contribution in [2.75, 3.05) is 0 Å². The second-order valence-corrected chi connectivity index (χ2v) is 5.39. The Morgan fingerprint density at radius 3 is 2.15 bits per heavy atom. The zero-order valence-corrected chi connectivity index (χ0v) is 10.2. The number of aryl methyl sites for hydroxylation is 2. The van der Waals surface area contributed by atoms with Crippen LogP contribution in [0.5, 0.6) is 0 Å². The average Bonchev–Trinajstić information content (AvgIpc) is 1.94. The second kappa shape index (κ2) is 3.55. The van der Waals surface area contributed by atoms with Gasteiger partial charge in [0.15, 0.2) is 0 Å². The minimum Gasteiger partial charge on any atom is -0.282 e. The first-order chi connectivity index (χ1) is 5.82. The normalized spacial score (nSPS) is 11.7. The molecule has 0 amide bonds. The molecular weight excluding hydrogens is 303 g/mol. The van der Waals surface area contributed by atoms with Gasteiger partial charge in [-0.1, -0.05) is 0 Å². The van der Waals surface area contributed by atoms with Crippen LogP contribution in [-0.2, 0) is 10.1 Å². The fraction of sp³-hybridized carbons (Fsp3) is 0.250. The Balaban J connectivity index is 3.50. The van der Waals surface area contributed by atoms with Crippen LogP contribution in [0.1, 0.15) is 11.1 Å². The van der Waals surface area contributed by atoms with Crippen molar-refractivity contribution in [2.45, 2.75) is 18.7 Å². The molecule has 0 saturated heterocycles. The van der Waals surface area contributed by atoms with E-state index in [9.17, 15) is 8.42 Å². The molecule has 0 unspecified atom stereocenters. The molecule has 72 valence electrons. The number of hydrogen-bond donors (Lipinski definition) is 1. The van der Waals surface area contributed by atoms with Crippen LogP contribution >= 0.6 is 22.6 Å². The van der Waals surface area contributed by atoms with Crippen molar-refractivity contribution in [3.63, 3.8) is 0 Å². The van der Waals surface area contributed by atoms with Crippen LogP contribution in [0, 0.1) is 17.4 Å². The Kier molecular flexibility index (Phi) is 2.98. The lowest BCUT2D eigenvalue weighted by molar-refractivity contribution is 0.482. The molecule has 0 fully saturated rings. The molecule has 0 heterocycles. The molecule has 0 bridgehead atoms. The van der Waals surface area contributed by atoms with Crippen LogP contribution in [0.4, 0.5) is 0 Å². The van der Waals surface area contributed by atoms with Crippen molar-refractivity contribution in [3.05, 3.63) is 26.8 Å². The van der Waals surface area contributed by atoms with Crippen LogP contribution < -0.4 is 0 Å². The molecule has 0 saturated carbocycles. The third-order valence-electron chi connectivity index (χ3n) is 1.83. The molecule has 1 aromatic carbocycles. The van der Waals surface area contributed by atoms with E-state index in [1.807, 2.05) is 29.5 Å². The maximum atomic E-state index is 10.9. The second-order valence-electron chi connectivity index (χ2n) is 2.84. The van der Waals surface area contributed by atoms with E-state index in [0.717, 1.165) is 11.1 Å². The molecule has 0 atom stereocenters. The van der Waals surface area contributed by atoms with Gasteiger partial charge in [0.05, 0.1) is 0 Å². The Morgan fingerprint density at radius 2 is 1.69 bits per heavy atom. The molecule has 13 heavy (non-hydrogen) atoms. The van der Waals surface area contributed by atoms with Gasteiger partial charge in [-0.15, -0.1) is 0 Å². The molecule has 0 aromatic heterocycles. The molecular formula is C8H9IO3S. The van der Waals surface area contributed by atoms with Gasteiger partial charge in [0.25, 0.3) is 10.1 Å². The molecule has 5 heteroatoms. The Bertz CT molecular complexity index is 437. The highest BCUT2D eigenvalue weighted by Crippen LogP contribution is 2.21. The number of halogens is 1. The standard InChI is InChI=1S/C8H9IO3S/c1-5-3-7(9)8(4-6(5)2)13(10,11)12/h3-4H,1-2H3,(H,10,11,12). The lowest BCUT2D eigenvalue weighted by Crippen LogP contribution is -2.02. The van der Waals surface area contributed by atoms with Gasteiger partial charge in [-0.2, -0.15) is 8.42 Å². The Labute approximate surface area is 91.1 Å². The zero-order valence-electron chi connectivity index (χ0n) is 7.20. The zero-order chi connectivity index (χ0) is 10.2. The van der Waals surface area contributed by atoms with E-state index in [1.165, 1.54) is 6.07 Å². The highest BCUT2D eigenvalue weighted by atomic mass is 127. The molecule has 0 aliphatic carbocycles. The number of rotatable bonds is 1. The van der Waals surface area contributed by atoms with E-state index in [-0.39, 0.29) is 4.90 Å². The van der Waals surface area contributed by atoms with Crippen LogP contribution in [0.15, 0.2) is 17.0 Å². The molecule has 0 spiro atoms. The summed E-state index contributed by atoms with van der Waals surface area (Å²) >= 11 is 1.89. The lowest BCUT2D eigenvalue weighted by atomic mass is 10.1. The van der Waals surface area contributed by atoms with Crippen LogP contribution in [0.3, 0.4) is 0 Å². The fourth-order valence-corrected chi connectivity index (χ4v) is 3.04. The largest absolute Gasteiger partial charge is 0.295 e. The lowest BCUT2D eigenvalue weighted by Gasteiger charge is -2.05. The van der Waals surface area contributed by atoms with Gasteiger partial charge in [-0.05, 0) is 59.7 Å². The minimum absolute atomic E-state index is 0.0174. The highest BCUT2D eigenvalue weighted by molar-refractivity contribution is 14.1. The summed E-state index contributed by atoms with van der Waals surface area (Å²) in [6.45, 7) is 3.70. The van der Waals surface area contributed by atoms with Crippen molar-refractivity contribution < 1.29 is 13.0 Å². The van der Waals surface area contributed by atoms with E-state index < -0.39 is 10.1 Å². The van der Waals surface area contributed by atoms with E-state index in [1.54, 1.807) is 13.0 Å². The smallest absolute Gasteiger partial charge is 0.282 e. The van der Waals surface area contributed by atoms with Crippen molar-refractivity contribution in [1.82, 2.24) is 0 Å². The van der Waals surface area contributed by atoms with E-state index in [2.05, 4.69) is 0 Å². The van der Waals surface area contributed by atoms with E-state index >= 15 is 0 Å². The van der Waals surface area contributed by atoms with Gasteiger partial charge in [-0.3, -0.25) is 4.55 Å². The molecule has 1 N–H and O–H groups in total. The van der Waals surface area contributed by atoms with Crippen LogP contribution in [0.2, 0.25) is 0 Å². The quantitative estimate of drug-likeness (QED) is 0.638. The average molecular weight is 312 g/mol. The van der Waals surface area contributed by atoms with Crippen LogP contribution in [0.25, 0.3) is 0 Å². The third kappa shape index (κ3) is 2.41. The van der Waals surface area contributed by atoms with Gasteiger partial charge in [-0.25, -0.2) is 0 Å². The summed E-state index contributed by atoms with van der Waals surface area (Å²) < 4.78 is 31.1. The van der Waals surface area contributed by atoms with Gasteiger partial charge < -0.3 is 0 Å². The van der Waals surface area contributed by atoms with Crippen molar-refractivity contribution >= 4 is 32.7 Å². The predicted octanol–water partition coefficient (Wildman–Crippen LogP) is 2.15. The maximum absolute atomic E-state index is 10.9. The monoisotopic (exact) mass is 312 g/mol. The summed E-state index contributed by atoms with van der Waals surface area (Å²) in [7, 11) is -4.08. The summed E-state index contributed by atoms with van der Waals surface area (Å²) in [6.07, 6.45) is 0. The molecule has 3 nitrogen and oxygen atoms in total. The van der Waals surface area contributed by atoms with Crippen molar-refractivity contribution in [3.8, 4) is 0 Å². The maximum Gasteiger partial charge on any atom is 0.295 e. The third-order valence-corrected chi connectivity index (χ3v) is 3.98.